The Morgan fingerprint density at radius 1 is 1.27 bits per heavy atom. The summed E-state index contributed by atoms with van der Waals surface area (Å²) in [6.07, 6.45) is 0.730. The lowest BCUT2D eigenvalue weighted by Crippen LogP contribution is -2.56. The summed E-state index contributed by atoms with van der Waals surface area (Å²) in [7, 11) is 0. The average Bonchev–Trinajstić information content (AvgIpc) is 2.74. The van der Waals surface area contributed by atoms with Crippen molar-refractivity contribution in [1.82, 2.24) is 9.80 Å². The van der Waals surface area contributed by atoms with Crippen molar-refractivity contribution in [2.75, 3.05) is 31.6 Å². The highest BCUT2D eigenvalue weighted by molar-refractivity contribution is 7.80. The SMILES string of the molecule is CCOC(=O)c1ccc(NC(=S)N2CC(=O)N3CCc4ccc(F)cc4C3C2)cc1. The van der Waals surface area contributed by atoms with Gasteiger partial charge in [-0.05, 0) is 73.1 Å². The maximum Gasteiger partial charge on any atom is 0.338 e. The molecule has 2 heterocycles. The summed E-state index contributed by atoms with van der Waals surface area (Å²) in [5, 5.41) is 3.53. The van der Waals surface area contributed by atoms with Gasteiger partial charge in [0.15, 0.2) is 5.11 Å². The summed E-state index contributed by atoms with van der Waals surface area (Å²) in [5.74, 6) is -0.706. The molecule has 2 aliphatic heterocycles. The second-order valence-electron chi connectivity index (χ2n) is 7.30. The number of ether oxygens (including phenoxy) is 1. The standard InChI is InChI=1S/C22H22FN3O3S/c1-2-29-21(28)15-4-7-17(8-5-15)24-22(30)25-12-19-18-11-16(23)6-3-14(18)9-10-26(19)20(27)13-25/h3-8,11,19H,2,9-10,12-13H2,1H3,(H,24,30). The van der Waals surface area contributed by atoms with Crippen molar-refractivity contribution in [3.05, 3.63) is 65.0 Å². The van der Waals surface area contributed by atoms with E-state index >= 15 is 0 Å². The first kappa shape index (κ1) is 20.3. The third-order valence-electron chi connectivity index (χ3n) is 5.44. The van der Waals surface area contributed by atoms with Crippen LogP contribution >= 0.6 is 12.2 Å². The number of anilines is 1. The molecule has 4 rings (SSSR count). The molecule has 156 valence electrons. The molecule has 1 saturated heterocycles. The number of thiocarbonyl (C=S) groups is 1. The van der Waals surface area contributed by atoms with Crippen molar-refractivity contribution in [3.63, 3.8) is 0 Å². The van der Waals surface area contributed by atoms with E-state index in [4.69, 9.17) is 17.0 Å². The number of carbonyl (C=O) groups is 2. The number of piperazine rings is 1. The normalized spacial score (nSPS) is 17.8. The summed E-state index contributed by atoms with van der Waals surface area (Å²) < 4.78 is 18.8. The first-order valence-electron chi connectivity index (χ1n) is 9.87. The van der Waals surface area contributed by atoms with Gasteiger partial charge < -0.3 is 19.9 Å². The number of rotatable bonds is 3. The fraction of sp³-hybridized carbons (Fsp3) is 0.318. The third-order valence-corrected chi connectivity index (χ3v) is 5.80. The van der Waals surface area contributed by atoms with E-state index in [1.165, 1.54) is 12.1 Å². The van der Waals surface area contributed by atoms with Crippen LogP contribution in [0.4, 0.5) is 10.1 Å². The Bertz CT molecular complexity index is 996. The van der Waals surface area contributed by atoms with Crippen LogP contribution in [0.2, 0.25) is 0 Å². The number of nitrogens with one attached hydrogen (secondary N) is 1. The van der Waals surface area contributed by atoms with Crippen molar-refractivity contribution in [2.45, 2.75) is 19.4 Å². The fourth-order valence-corrected chi connectivity index (χ4v) is 4.21. The van der Waals surface area contributed by atoms with Crippen LogP contribution in [0.5, 0.6) is 0 Å². The molecule has 0 aliphatic carbocycles. The van der Waals surface area contributed by atoms with Crippen molar-refractivity contribution in [1.29, 1.82) is 0 Å². The smallest absolute Gasteiger partial charge is 0.338 e. The lowest BCUT2D eigenvalue weighted by atomic mass is 9.90. The molecule has 8 heteroatoms. The molecule has 0 radical (unpaired) electrons. The van der Waals surface area contributed by atoms with E-state index in [9.17, 15) is 14.0 Å². The van der Waals surface area contributed by atoms with Gasteiger partial charge in [-0.3, -0.25) is 4.79 Å². The maximum absolute atomic E-state index is 13.8. The van der Waals surface area contributed by atoms with E-state index in [1.54, 1.807) is 42.2 Å². The molecule has 30 heavy (non-hydrogen) atoms. The molecule has 1 fully saturated rings. The first-order valence-corrected chi connectivity index (χ1v) is 10.3. The Labute approximate surface area is 179 Å². The average molecular weight is 428 g/mol. The highest BCUT2D eigenvalue weighted by Gasteiger charge is 2.37. The molecule has 1 N–H and O–H groups in total. The molecule has 0 bridgehead atoms. The maximum atomic E-state index is 13.8. The van der Waals surface area contributed by atoms with Crippen molar-refractivity contribution in [2.24, 2.45) is 0 Å². The monoisotopic (exact) mass is 427 g/mol. The molecule has 1 amide bonds. The van der Waals surface area contributed by atoms with Crippen LogP contribution in [-0.4, -0.2) is 53.0 Å². The van der Waals surface area contributed by atoms with Gasteiger partial charge in [-0.2, -0.15) is 0 Å². The number of fused-ring (bicyclic) bond motifs is 3. The minimum absolute atomic E-state index is 0.0250. The van der Waals surface area contributed by atoms with Crippen molar-refractivity contribution >= 4 is 34.9 Å². The van der Waals surface area contributed by atoms with Crippen LogP contribution in [0.1, 0.15) is 34.5 Å². The number of hydrogen-bond acceptors (Lipinski definition) is 4. The quantitative estimate of drug-likeness (QED) is 0.600. The number of carbonyl (C=O) groups excluding carboxylic acids is 2. The van der Waals surface area contributed by atoms with Crippen LogP contribution < -0.4 is 5.32 Å². The van der Waals surface area contributed by atoms with E-state index in [0.717, 1.165) is 17.5 Å². The molecule has 2 aliphatic rings. The summed E-state index contributed by atoms with van der Waals surface area (Å²) in [6, 6.07) is 11.3. The highest BCUT2D eigenvalue weighted by atomic mass is 32.1. The van der Waals surface area contributed by atoms with Gasteiger partial charge in [-0.15, -0.1) is 0 Å². The molecule has 0 aromatic heterocycles. The zero-order chi connectivity index (χ0) is 21.3. The fourth-order valence-electron chi connectivity index (χ4n) is 3.95. The summed E-state index contributed by atoms with van der Waals surface area (Å²) in [6.45, 7) is 3.37. The van der Waals surface area contributed by atoms with E-state index in [-0.39, 0.29) is 30.3 Å². The molecule has 2 aromatic carbocycles. The Hall–Kier alpha value is -3.00. The topological polar surface area (TPSA) is 61.9 Å². The lowest BCUT2D eigenvalue weighted by molar-refractivity contribution is -0.138. The third kappa shape index (κ3) is 4.00. The number of esters is 1. The Morgan fingerprint density at radius 3 is 2.77 bits per heavy atom. The Morgan fingerprint density at radius 2 is 2.03 bits per heavy atom. The highest BCUT2D eigenvalue weighted by Crippen LogP contribution is 2.33. The molecular weight excluding hydrogens is 405 g/mol. The Kier molecular flexibility index (Phi) is 5.67. The van der Waals surface area contributed by atoms with Crippen LogP contribution in [-0.2, 0) is 16.0 Å². The van der Waals surface area contributed by atoms with Crippen LogP contribution in [0.15, 0.2) is 42.5 Å². The largest absolute Gasteiger partial charge is 0.462 e. The minimum atomic E-state index is -0.378. The zero-order valence-corrected chi connectivity index (χ0v) is 17.4. The molecular formula is C22H22FN3O3S. The summed E-state index contributed by atoms with van der Waals surface area (Å²) in [4.78, 5) is 28.1. The van der Waals surface area contributed by atoms with Gasteiger partial charge in [0.05, 0.1) is 24.8 Å². The molecule has 1 atom stereocenters. The number of hydrogen-bond donors (Lipinski definition) is 1. The predicted octanol–water partition coefficient (Wildman–Crippen LogP) is 3.14. The number of nitrogens with zero attached hydrogens (tertiary/aromatic N) is 2. The zero-order valence-electron chi connectivity index (χ0n) is 16.6. The molecule has 6 nitrogen and oxygen atoms in total. The summed E-state index contributed by atoms with van der Waals surface area (Å²) >= 11 is 5.53. The van der Waals surface area contributed by atoms with Crippen LogP contribution in [0.25, 0.3) is 0 Å². The predicted molar refractivity (Wildman–Crippen MR) is 115 cm³/mol. The van der Waals surface area contributed by atoms with E-state index in [2.05, 4.69) is 5.32 Å². The van der Waals surface area contributed by atoms with Gasteiger partial charge in [0.25, 0.3) is 0 Å². The number of amides is 1. The van der Waals surface area contributed by atoms with Crippen molar-refractivity contribution in [3.8, 4) is 0 Å². The van der Waals surface area contributed by atoms with Gasteiger partial charge >= 0.3 is 5.97 Å². The van der Waals surface area contributed by atoms with Gasteiger partial charge in [0.2, 0.25) is 5.91 Å². The van der Waals surface area contributed by atoms with Gasteiger partial charge in [0, 0.05) is 18.8 Å². The minimum Gasteiger partial charge on any atom is -0.462 e. The molecule has 2 aromatic rings. The second kappa shape index (κ2) is 8.39. The molecule has 1 unspecified atom stereocenters. The summed E-state index contributed by atoms with van der Waals surface area (Å²) in [5.41, 5.74) is 3.08. The van der Waals surface area contributed by atoms with E-state index < -0.39 is 0 Å². The second-order valence-corrected chi connectivity index (χ2v) is 7.69. The number of benzene rings is 2. The van der Waals surface area contributed by atoms with Crippen LogP contribution in [0, 0.1) is 5.82 Å². The lowest BCUT2D eigenvalue weighted by Gasteiger charge is -2.45. The van der Waals surface area contributed by atoms with E-state index in [1.807, 2.05) is 4.90 Å². The van der Waals surface area contributed by atoms with Crippen molar-refractivity contribution < 1.29 is 18.7 Å². The van der Waals surface area contributed by atoms with Gasteiger partial charge in [0.1, 0.15) is 5.82 Å². The molecule has 0 spiro atoms. The van der Waals surface area contributed by atoms with Gasteiger partial charge in [-0.25, -0.2) is 9.18 Å². The van der Waals surface area contributed by atoms with E-state index in [0.29, 0.717) is 36.1 Å². The van der Waals surface area contributed by atoms with Gasteiger partial charge in [-0.1, -0.05) is 6.07 Å². The van der Waals surface area contributed by atoms with Crippen LogP contribution in [0.3, 0.4) is 0 Å². The molecule has 0 saturated carbocycles. The number of halogens is 1. The first-order chi connectivity index (χ1) is 14.5. The Balaban J connectivity index is 1.48.